The van der Waals surface area contributed by atoms with E-state index >= 15 is 0 Å². The molecule has 0 amide bonds. The summed E-state index contributed by atoms with van der Waals surface area (Å²) in [6.45, 7) is 7.27. The minimum atomic E-state index is 0.577. The highest BCUT2D eigenvalue weighted by Gasteiger charge is 2.27. The molecule has 2 aliphatic heterocycles. The Morgan fingerprint density at radius 1 is 1.16 bits per heavy atom. The van der Waals surface area contributed by atoms with E-state index in [9.17, 15) is 0 Å². The average molecular weight is 259 g/mol. The van der Waals surface area contributed by atoms with Crippen molar-refractivity contribution in [2.45, 2.75) is 12.5 Å². The van der Waals surface area contributed by atoms with Gasteiger partial charge in [0.15, 0.2) is 0 Å². The van der Waals surface area contributed by atoms with Crippen LogP contribution < -0.4 is 5.32 Å². The highest BCUT2D eigenvalue weighted by atomic mass is 15.3. The summed E-state index contributed by atoms with van der Waals surface area (Å²) in [4.78, 5) is 5.15. The molecule has 104 valence electrons. The topological polar surface area (TPSA) is 18.5 Å². The van der Waals surface area contributed by atoms with Crippen molar-refractivity contribution in [2.75, 3.05) is 46.3 Å². The second-order valence-corrected chi connectivity index (χ2v) is 6.04. The molecule has 2 saturated heterocycles. The van der Waals surface area contributed by atoms with E-state index in [1.54, 1.807) is 0 Å². The van der Waals surface area contributed by atoms with Crippen molar-refractivity contribution >= 4 is 0 Å². The molecule has 3 rings (SSSR count). The number of benzene rings is 1. The Morgan fingerprint density at radius 3 is 2.63 bits per heavy atom. The lowest BCUT2D eigenvalue weighted by Crippen LogP contribution is -2.49. The summed E-state index contributed by atoms with van der Waals surface area (Å²) in [6, 6.07) is 11.6. The van der Waals surface area contributed by atoms with Crippen LogP contribution in [0.5, 0.6) is 0 Å². The zero-order valence-corrected chi connectivity index (χ0v) is 11.9. The van der Waals surface area contributed by atoms with Gasteiger partial charge in [-0.25, -0.2) is 0 Å². The van der Waals surface area contributed by atoms with Crippen LogP contribution in [0.25, 0.3) is 0 Å². The minimum absolute atomic E-state index is 0.577. The van der Waals surface area contributed by atoms with Crippen molar-refractivity contribution in [3.63, 3.8) is 0 Å². The maximum atomic E-state index is 3.37. The summed E-state index contributed by atoms with van der Waals surface area (Å²) < 4.78 is 0. The molecular weight excluding hydrogens is 234 g/mol. The number of nitrogens with zero attached hydrogens (tertiary/aromatic N) is 2. The fourth-order valence-electron chi connectivity index (χ4n) is 3.12. The number of rotatable bonds is 4. The third-order valence-corrected chi connectivity index (χ3v) is 4.57. The highest BCUT2D eigenvalue weighted by Crippen LogP contribution is 2.25. The molecule has 0 aliphatic carbocycles. The quantitative estimate of drug-likeness (QED) is 0.886. The standard InChI is InChI=1S/C16H25N3/c1-18-9-10-19(8-7-14-11-17-12-14)16(13-18)15-5-3-2-4-6-15/h2-6,14,16-17H,7-13H2,1H3. The predicted octanol–water partition coefficient (Wildman–Crippen LogP) is 1.58. The first kappa shape index (κ1) is 13.1. The van der Waals surface area contributed by atoms with E-state index in [1.165, 1.54) is 44.7 Å². The molecule has 0 spiro atoms. The van der Waals surface area contributed by atoms with Gasteiger partial charge in [-0.05, 0) is 44.6 Å². The van der Waals surface area contributed by atoms with E-state index in [2.05, 4.69) is 52.5 Å². The van der Waals surface area contributed by atoms with E-state index in [0.29, 0.717) is 6.04 Å². The predicted molar refractivity (Wildman–Crippen MR) is 79.2 cm³/mol. The zero-order valence-electron chi connectivity index (χ0n) is 11.9. The molecule has 0 radical (unpaired) electrons. The lowest BCUT2D eigenvalue weighted by molar-refractivity contribution is 0.0811. The van der Waals surface area contributed by atoms with Gasteiger partial charge in [0.2, 0.25) is 0 Å². The van der Waals surface area contributed by atoms with Gasteiger partial charge in [0.05, 0.1) is 0 Å². The summed E-state index contributed by atoms with van der Waals surface area (Å²) in [7, 11) is 2.24. The van der Waals surface area contributed by atoms with Gasteiger partial charge in [-0.15, -0.1) is 0 Å². The van der Waals surface area contributed by atoms with Crippen molar-refractivity contribution in [3.05, 3.63) is 35.9 Å². The van der Waals surface area contributed by atoms with Crippen LogP contribution >= 0.6 is 0 Å². The van der Waals surface area contributed by atoms with Gasteiger partial charge in [0.25, 0.3) is 0 Å². The first-order valence-electron chi connectivity index (χ1n) is 7.51. The molecule has 1 atom stereocenters. The number of hydrogen-bond acceptors (Lipinski definition) is 3. The average Bonchev–Trinajstić information content (AvgIpc) is 2.39. The molecule has 1 aromatic carbocycles. The number of hydrogen-bond donors (Lipinski definition) is 1. The Labute approximate surface area is 116 Å². The molecule has 2 fully saturated rings. The van der Waals surface area contributed by atoms with Gasteiger partial charge >= 0.3 is 0 Å². The second-order valence-electron chi connectivity index (χ2n) is 6.04. The smallest absolute Gasteiger partial charge is 0.0475 e. The maximum Gasteiger partial charge on any atom is 0.0475 e. The van der Waals surface area contributed by atoms with Crippen molar-refractivity contribution < 1.29 is 0 Å². The van der Waals surface area contributed by atoms with Crippen LogP contribution in [0.2, 0.25) is 0 Å². The van der Waals surface area contributed by atoms with Crippen LogP contribution in [0.3, 0.4) is 0 Å². The fourth-order valence-corrected chi connectivity index (χ4v) is 3.12. The van der Waals surface area contributed by atoms with Crippen LogP contribution in [0.1, 0.15) is 18.0 Å². The van der Waals surface area contributed by atoms with Gasteiger partial charge in [0.1, 0.15) is 0 Å². The SMILES string of the molecule is CN1CCN(CCC2CNC2)C(c2ccccc2)C1. The lowest BCUT2D eigenvalue weighted by atomic mass is 9.97. The van der Waals surface area contributed by atoms with Crippen LogP contribution in [0.4, 0.5) is 0 Å². The molecule has 19 heavy (non-hydrogen) atoms. The third-order valence-electron chi connectivity index (χ3n) is 4.57. The van der Waals surface area contributed by atoms with Crippen LogP contribution in [0, 0.1) is 5.92 Å². The fraction of sp³-hybridized carbons (Fsp3) is 0.625. The van der Waals surface area contributed by atoms with Gasteiger partial charge in [-0.3, -0.25) is 4.90 Å². The summed E-state index contributed by atoms with van der Waals surface area (Å²) in [6.07, 6.45) is 1.35. The molecule has 0 saturated carbocycles. The third kappa shape index (κ3) is 3.16. The van der Waals surface area contributed by atoms with Gasteiger partial charge in [-0.1, -0.05) is 30.3 Å². The Bertz CT molecular complexity index is 388. The number of piperazine rings is 1. The molecular formula is C16H25N3. The van der Waals surface area contributed by atoms with Crippen molar-refractivity contribution in [1.82, 2.24) is 15.1 Å². The van der Waals surface area contributed by atoms with E-state index in [-0.39, 0.29) is 0 Å². The second kappa shape index (κ2) is 6.04. The van der Waals surface area contributed by atoms with E-state index in [0.717, 1.165) is 12.5 Å². The molecule has 3 nitrogen and oxygen atoms in total. The van der Waals surface area contributed by atoms with Crippen molar-refractivity contribution in [1.29, 1.82) is 0 Å². The van der Waals surface area contributed by atoms with Crippen LogP contribution in [-0.4, -0.2) is 56.1 Å². The minimum Gasteiger partial charge on any atom is -0.316 e. The molecule has 2 heterocycles. The van der Waals surface area contributed by atoms with Gasteiger partial charge < -0.3 is 10.2 Å². The van der Waals surface area contributed by atoms with E-state index in [4.69, 9.17) is 0 Å². The van der Waals surface area contributed by atoms with E-state index < -0.39 is 0 Å². The first-order chi connectivity index (χ1) is 9.33. The Morgan fingerprint density at radius 2 is 1.95 bits per heavy atom. The normalized spacial score (nSPS) is 26.3. The summed E-state index contributed by atoms with van der Waals surface area (Å²) in [5.41, 5.74) is 1.47. The molecule has 1 unspecified atom stereocenters. The maximum absolute atomic E-state index is 3.37. The summed E-state index contributed by atoms with van der Waals surface area (Å²) in [5, 5.41) is 3.37. The van der Waals surface area contributed by atoms with Gasteiger partial charge in [-0.2, -0.15) is 0 Å². The zero-order chi connectivity index (χ0) is 13.1. The Hall–Kier alpha value is -0.900. The van der Waals surface area contributed by atoms with Gasteiger partial charge in [0, 0.05) is 25.7 Å². The molecule has 1 aromatic rings. The molecule has 3 heteroatoms. The lowest BCUT2D eigenvalue weighted by Gasteiger charge is -2.41. The van der Waals surface area contributed by atoms with Crippen molar-refractivity contribution in [2.24, 2.45) is 5.92 Å². The molecule has 0 aromatic heterocycles. The molecule has 1 N–H and O–H groups in total. The summed E-state index contributed by atoms with van der Waals surface area (Å²) in [5.74, 6) is 0.913. The van der Waals surface area contributed by atoms with Crippen LogP contribution in [0.15, 0.2) is 30.3 Å². The molecule has 2 aliphatic rings. The summed E-state index contributed by atoms with van der Waals surface area (Å²) >= 11 is 0. The Balaban J connectivity index is 1.65. The number of likely N-dealkylation sites (N-methyl/N-ethyl adjacent to an activating group) is 1. The Kier molecular flexibility index (Phi) is 4.16. The molecule has 0 bridgehead atoms. The van der Waals surface area contributed by atoms with E-state index in [1.807, 2.05) is 0 Å². The van der Waals surface area contributed by atoms with Crippen LogP contribution in [-0.2, 0) is 0 Å². The monoisotopic (exact) mass is 259 g/mol. The van der Waals surface area contributed by atoms with Crippen molar-refractivity contribution in [3.8, 4) is 0 Å². The first-order valence-corrected chi connectivity index (χ1v) is 7.51. The highest BCUT2D eigenvalue weighted by molar-refractivity contribution is 5.20. The number of nitrogens with one attached hydrogen (secondary N) is 1. The largest absolute Gasteiger partial charge is 0.316 e.